The zero-order valence-corrected chi connectivity index (χ0v) is 10.0. The highest BCUT2D eigenvalue weighted by Gasteiger charge is 2.25. The molecule has 0 radical (unpaired) electrons. The van der Waals surface area contributed by atoms with E-state index < -0.39 is 5.54 Å². The molecule has 0 fully saturated rings. The van der Waals surface area contributed by atoms with Crippen molar-refractivity contribution in [1.82, 2.24) is 0 Å². The molecule has 0 aliphatic heterocycles. The summed E-state index contributed by atoms with van der Waals surface area (Å²) >= 11 is 0. The number of hydrogen-bond donors (Lipinski definition) is 1. The van der Waals surface area contributed by atoms with Crippen molar-refractivity contribution in [3.05, 3.63) is 23.3 Å². The van der Waals surface area contributed by atoms with E-state index in [-0.39, 0.29) is 0 Å². The second kappa shape index (κ2) is 4.11. The first-order valence-corrected chi connectivity index (χ1v) is 4.92. The lowest BCUT2D eigenvalue weighted by Crippen LogP contribution is -2.30. The molecule has 0 aliphatic carbocycles. The van der Waals surface area contributed by atoms with Crippen molar-refractivity contribution in [2.75, 3.05) is 14.2 Å². The molecule has 0 amide bonds. The number of methoxy groups -OCH3 is 2. The SMILES string of the molecule is COc1ccc(C)c(OC)c1C(C)(C)N. The van der Waals surface area contributed by atoms with E-state index in [9.17, 15) is 0 Å². The molecular formula is C12H19NO2. The van der Waals surface area contributed by atoms with E-state index in [1.807, 2.05) is 32.9 Å². The van der Waals surface area contributed by atoms with E-state index in [0.717, 1.165) is 22.6 Å². The second-order valence-electron chi connectivity index (χ2n) is 4.21. The Morgan fingerprint density at radius 2 is 1.73 bits per heavy atom. The number of benzene rings is 1. The summed E-state index contributed by atoms with van der Waals surface area (Å²) in [7, 11) is 3.29. The van der Waals surface area contributed by atoms with Gasteiger partial charge in [-0.2, -0.15) is 0 Å². The second-order valence-corrected chi connectivity index (χ2v) is 4.21. The summed E-state index contributed by atoms with van der Waals surface area (Å²) in [6, 6.07) is 3.88. The number of nitrogens with two attached hydrogens (primary N) is 1. The average molecular weight is 209 g/mol. The van der Waals surface area contributed by atoms with Crippen LogP contribution in [0, 0.1) is 6.92 Å². The van der Waals surface area contributed by atoms with Crippen molar-refractivity contribution in [2.24, 2.45) is 5.73 Å². The molecule has 1 aromatic carbocycles. The van der Waals surface area contributed by atoms with Gasteiger partial charge in [0.2, 0.25) is 0 Å². The molecule has 2 N–H and O–H groups in total. The summed E-state index contributed by atoms with van der Waals surface area (Å²) in [5, 5.41) is 0. The predicted octanol–water partition coefficient (Wildman–Crippen LogP) is 2.21. The summed E-state index contributed by atoms with van der Waals surface area (Å²) in [6.07, 6.45) is 0. The lowest BCUT2D eigenvalue weighted by atomic mass is 9.92. The molecule has 0 saturated carbocycles. The standard InChI is InChI=1S/C12H19NO2/c1-8-6-7-9(14-4)10(11(8)15-5)12(2,3)13/h6-7H,13H2,1-5H3. The third-order valence-corrected chi connectivity index (χ3v) is 2.38. The quantitative estimate of drug-likeness (QED) is 0.830. The molecule has 0 aliphatic rings. The summed E-state index contributed by atoms with van der Waals surface area (Å²) in [6.45, 7) is 5.87. The van der Waals surface area contributed by atoms with E-state index in [2.05, 4.69) is 0 Å². The van der Waals surface area contributed by atoms with Crippen LogP contribution in [0.4, 0.5) is 0 Å². The first kappa shape index (κ1) is 11.9. The third-order valence-electron chi connectivity index (χ3n) is 2.38. The van der Waals surface area contributed by atoms with E-state index in [0.29, 0.717) is 0 Å². The normalized spacial score (nSPS) is 11.3. The van der Waals surface area contributed by atoms with Gasteiger partial charge in [-0.05, 0) is 32.4 Å². The zero-order chi connectivity index (χ0) is 11.6. The van der Waals surface area contributed by atoms with Crippen molar-refractivity contribution in [3.63, 3.8) is 0 Å². The molecule has 1 aromatic rings. The van der Waals surface area contributed by atoms with Gasteiger partial charge < -0.3 is 15.2 Å². The highest BCUT2D eigenvalue weighted by atomic mass is 16.5. The Hall–Kier alpha value is -1.22. The monoisotopic (exact) mass is 209 g/mol. The van der Waals surface area contributed by atoms with E-state index in [4.69, 9.17) is 15.2 Å². The van der Waals surface area contributed by atoms with Gasteiger partial charge in [-0.3, -0.25) is 0 Å². The minimum absolute atomic E-state index is 0.483. The fourth-order valence-electron chi connectivity index (χ4n) is 1.71. The van der Waals surface area contributed by atoms with Gasteiger partial charge in [-0.25, -0.2) is 0 Å². The van der Waals surface area contributed by atoms with Crippen LogP contribution in [0.5, 0.6) is 11.5 Å². The predicted molar refractivity (Wildman–Crippen MR) is 61.5 cm³/mol. The Labute approximate surface area is 91.2 Å². The fourth-order valence-corrected chi connectivity index (χ4v) is 1.71. The Bertz CT molecular complexity index is 353. The summed E-state index contributed by atoms with van der Waals surface area (Å²) < 4.78 is 10.7. The van der Waals surface area contributed by atoms with Crippen molar-refractivity contribution < 1.29 is 9.47 Å². The molecule has 1 rings (SSSR count). The Morgan fingerprint density at radius 1 is 1.13 bits per heavy atom. The summed E-state index contributed by atoms with van der Waals surface area (Å²) in [5.41, 5.74) is 7.61. The maximum Gasteiger partial charge on any atom is 0.130 e. The molecule has 0 spiro atoms. The lowest BCUT2D eigenvalue weighted by Gasteiger charge is -2.25. The number of ether oxygens (including phenoxy) is 2. The van der Waals surface area contributed by atoms with Gasteiger partial charge in [0, 0.05) is 5.54 Å². The van der Waals surface area contributed by atoms with Gasteiger partial charge in [-0.15, -0.1) is 0 Å². The van der Waals surface area contributed by atoms with E-state index >= 15 is 0 Å². The van der Waals surface area contributed by atoms with Crippen molar-refractivity contribution in [1.29, 1.82) is 0 Å². The van der Waals surface area contributed by atoms with Crippen LogP contribution >= 0.6 is 0 Å². The minimum atomic E-state index is -0.483. The van der Waals surface area contributed by atoms with Gasteiger partial charge in [0.15, 0.2) is 0 Å². The molecule has 84 valence electrons. The molecule has 0 aromatic heterocycles. The summed E-state index contributed by atoms with van der Waals surface area (Å²) in [4.78, 5) is 0. The fraction of sp³-hybridized carbons (Fsp3) is 0.500. The van der Waals surface area contributed by atoms with Crippen molar-refractivity contribution in [3.8, 4) is 11.5 Å². The van der Waals surface area contributed by atoms with Crippen LogP contribution in [-0.2, 0) is 5.54 Å². The van der Waals surface area contributed by atoms with Gasteiger partial charge in [0.1, 0.15) is 11.5 Å². The topological polar surface area (TPSA) is 44.5 Å². The molecule has 3 heteroatoms. The number of rotatable bonds is 3. The Kier molecular flexibility index (Phi) is 3.25. The van der Waals surface area contributed by atoms with Crippen LogP contribution in [0.2, 0.25) is 0 Å². The highest BCUT2D eigenvalue weighted by Crippen LogP contribution is 2.38. The minimum Gasteiger partial charge on any atom is -0.496 e. The van der Waals surface area contributed by atoms with Crippen LogP contribution in [0.15, 0.2) is 12.1 Å². The molecule has 0 atom stereocenters. The molecule has 3 nitrogen and oxygen atoms in total. The molecule has 0 heterocycles. The Balaban J connectivity index is 3.48. The van der Waals surface area contributed by atoms with Crippen LogP contribution in [-0.4, -0.2) is 14.2 Å². The van der Waals surface area contributed by atoms with Crippen LogP contribution in [0.25, 0.3) is 0 Å². The van der Waals surface area contributed by atoms with Crippen molar-refractivity contribution >= 4 is 0 Å². The molecule has 15 heavy (non-hydrogen) atoms. The van der Waals surface area contributed by atoms with Crippen LogP contribution in [0.1, 0.15) is 25.0 Å². The van der Waals surface area contributed by atoms with Gasteiger partial charge in [0.05, 0.1) is 19.8 Å². The van der Waals surface area contributed by atoms with Gasteiger partial charge in [0.25, 0.3) is 0 Å². The van der Waals surface area contributed by atoms with Gasteiger partial charge >= 0.3 is 0 Å². The van der Waals surface area contributed by atoms with Crippen LogP contribution < -0.4 is 15.2 Å². The lowest BCUT2D eigenvalue weighted by molar-refractivity contribution is 0.362. The Morgan fingerprint density at radius 3 is 2.13 bits per heavy atom. The third kappa shape index (κ3) is 2.23. The number of hydrogen-bond acceptors (Lipinski definition) is 3. The molecule has 0 saturated heterocycles. The average Bonchev–Trinajstić information content (AvgIpc) is 2.15. The van der Waals surface area contributed by atoms with Crippen molar-refractivity contribution in [2.45, 2.75) is 26.3 Å². The summed E-state index contributed by atoms with van der Waals surface area (Å²) in [5.74, 6) is 1.58. The van der Waals surface area contributed by atoms with Crippen LogP contribution in [0.3, 0.4) is 0 Å². The maximum atomic E-state index is 6.12. The number of aryl methyl sites for hydroxylation is 1. The highest BCUT2D eigenvalue weighted by molar-refractivity contribution is 5.52. The van der Waals surface area contributed by atoms with Gasteiger partial charge in [-0.1, -0.05) is 6.07 Å². The first-order chi connectivity index (χ1) is 6.91. The van der Waals surface area contributed by atoms with E-state index in [1.165, 1.54) is 0 Å². The first-order valence-electron chi connectivity index (χ1n) is 4.92. The molecular weight excluding hydrogens is 190 g/mol. The molecule has 0 bridgehead atoms. The maximum absolute atomic E-state index is 6.12. The largest absolute Gasteiger partial charge is 0.496 e. The van der Waals surface area contributed by atoms with E-state index in [1.54, 1.807) is 14.2 Å². The zero-order valence-electron chi connectivity index (χ0n) is 10.0. The molecule has 0 unspecified atom stereocenters. The smallest absolute Gasteiger partial charge is 0.130 e.